The Hall–Kier alpha value is -0.740. The highest BCUT2D eigenvalue weighted by molar-refractivity contribution is 9.10. The number of halogens is 1. The first-order valence-corrected chi connectivity index (χ1v) is 6.91. The number of anilines is 2. The maximum absolute atomic E-state index is 9.02. The Labute approximate surface area is 111 Å². The maximum Gasteiger partial charge on any atom is 0.0611 e. The zero-order valence-electron chi connectivity index (χ0n) is 9.90. The monoisotopic (exact) mass is 298 g/mol. The molecular weight excluding hydrogens is 280 g/mol. The van der Waals surface area contributed by atoms with Crippen molar-refractivity contribution in [3.05, 3.63) is 22.7 Å². The average Bonchev–Trinajstić information content (AvgIpc) is 2.33. The third kappa shape index (κ3) is 3.13. The molecule has 0 aliphatic carbocycles. The number of benzene rings is 1. The minimum Gasteiger partial charge on any atom is -0.397 e. The van der Waals surface area contributed by atoms with Crippen LogP contribution in [0.4, 0.5) is 11.4 Å². The summed E-state index contributed by atoms with van der Waals surface area (Å²) in [6, 6.07) is 5.99. The smallest absolute Gasteiger partial charge is 0.0611 e. The highest BCUT2D eigenvalue weighted by Gasteiger charge is 2.21. The second-order valence-corrected chi connectivity index (χ2v) is 5.59. The summed E-state index contributed by atoms with van der Waals surface area (Å²) >= 11 is 3.49. The van der Waals surface area contributed by atoms with Gasteiger partial charge in [0, 0.05) is 24.2 Å². The zero-order valence-corrected chi connectivity index (χ0v) is 11.5. The predicted molar refractivity (Wildman–Crippen MR) is 75.2 cm³/mol. The van der Waals surface area contributed by atoms with Gasteiger partial charge in [-0.05, 0) is 43.4 Å². The predicted octanol–water partition coefficient (Wildman–Crippen LogP) is 2.63. The Bertz CT molecular complexity index is 382. The highest BCUT2D eigenvalue weighted by atomic mass is 79.9. The number of aliphatic hydroxyl groups excluding tert-OH is 1. The SMILES string of the molecule is Nc1ccc(Br)cc1N1CCCC(CCO)C1. The van der Waals surface area contributed by atoms with Gasteiger partial charge in [-0.3, -0.25) is 0 Å². The summed E-state index contributed by atoms with van der Waals surface area (Å²) in [5.74, 6) is 0.590. The number of hydrogen-bond acceptors (Lipinski definition) is 3. The molecule has 1 saturated heterocycles. The first-order chi connectivity index (χ1) is 8.20. The van der Waals surface area contributed by atoms with Crippen molar-refractivity contribution in [1.82, 2.24) is 0 Å². The van der Waals surface area contributed by atoms with Crippen molar-refractivity contribution in [3.63, 3.8) is 0 Å². The zero-order chi connectivity index (χ0) is 12.3. The van der Waals surface area contributed by atoms with Crippen LogP contribution in [-0.2, 0) is 0 Å². The van der Waals surface area contributed by atoms with E-state index in [4.69, 9.17) is 10.8 Å². The van der Waals surface area contributed by atoms with Crippen LogP contribution in [0.5, 0.6) is 0 Å². The first kappa shape index (κ1) is 12.7. The van der Waals surface area contributed by atoms with E-state index in [2.05, 4.69) is 26.9 Å². The van der Waals surface area contributed by atoms with Crippen molar-refractivity contribution in [2.75, 3.05) is 30.3 Å². The summed E-state index contributed by atoms with van der Waals surface area (Å²) in [5.41, 5.74) is 7.97. The molecule has 0 spiro atoms. The molecule has 1 atom stereocenters. The van der Waals surface area contributed by atoms with Crippen molar-refractivity contribution in [2.45, 2.75) is 19.3 Å². The molecule has 1 aliphatic rings. The molecule has 1 aromatic rings. The second-order valence-electron chi connectivity index (χ2n) is 4.67. The molecule has 94 valence electrons. The molecule has 1 heterocycles. The Balaban J connectivity index is 2.13. The van der Waals surface area contributed by atoms with Gasteiger partial charge in [0.05, 0.1) is 11.4 Å². The molecule has 0 radical (unpaired) electrons. The lowest BCUT2D eigenvalue weighted by Gasteiger charge is -2.35. The summed E-state index contributed by atoms with van der Waals surface area (Å²) in [4.78, 5) is 2.34. The van der Waals surface area contributed by atoms with Crippen molar-refractivity contribution in [1.29, 1.82) is 0 Å². The molecule has 0 amide bonds. The maximum atomic E-state index is 9.02. The van der Waals surface area contributed by atoms with Gasteiger partial charge in [-0.25, -0.2) is 0 Å². The number of piperidine rings is 1. The lowest BCUT2D eigenvalue weighted by atomic mass is 9.94. The van der Waals surface area contributed by atoms with Crippen LogP contribution in [0.2, 0.25) is 0 Å². The van der Waals surface area contributed by atoms with Crippen molar-refractivity contribution < 1.29 is 5.11 Å². The Kier molecular flexibility index (Phi) is 4.29. The molecule has 17 heavy (non-hydrogen) atoms. The van der Waals surface area contributed by atoms with Crippen molar-refractivity contribution in [2.24, 2.45) is 5.92 Å². The molecule has 1 aliphatic heterocycles. The van der Waals surface area contributed by atoms with Gasteiger partial charge in [0.25, 0.3) is 0 Å². The van der Waals surface area contributed by atoms with E-state index in [1.54, 1.807) is 0 Å². The summed E-state index contributed by atoms with van der Waals surface area (Å²) in [5, 5.41) is 9.02. The van der Waals surface area contributed by atoms with Gasteiger partial charge in [0.1, 0.15) is 0 Å². The molecule has 1 fully saturated rings. The lowest BCUT2D eigenvalue weighted by Crippen LogP contribution is -2.36. The number of hydrogen-bond donors (Lipinski definition) is 2. The van der Waals surface area contributed by atoms with E-state index in [9.17, 15) is 0 Å². The van der Waals surface area contributed by atoms with Crippen LogP contribution in [0.1, 0.15) is 19.3 Å². The molecule has 4 heteroatoms. The Morgan fingerprint density at radius 3 is 3.06 bits per heavy atom. The fraction of sp³-hybridized carbons (Fsp3) is 0.538. The molecule has 0 saturated carbocycles. The van der Waals surface area contributed by atoms with E-state index in [1.165, 1.54) is 12.8 Å². The van der Waals surface area contributed by atoms with Gasteiger partial charge in [0.15, 0.2) is 0 Å². The molecule has 3 N–H and O–H groups in total. The molecular formula is C13H19BrN2O. The van der Waals surface area contributed by atoms with E-state index < -0.39 is 0 Å². The van der Waals surface area contributed by atoms with Crippen LogP contribution in [0.3, 0.4) is 0 Å². The van der Waals surface area contributed by atoms with Gasteiger partial charge in [-0.2, -0.15) is 0 Å². The van der Waals surface area contributed by atoms with E-state index in [-0.39, 0.29) is 6.61 Å². The van der Waals surface area contributed by atoms with Crippen LogP contribution < -0.4 is 10.6 Å². The fourth-order valence-corrected chi connectivity index (χ4v) is 2.84. The van der Waals surface area contributed by atoms with Crippen LogP contribution in [0.15, 0.2) is 22.7 Å². The van der Waals surface area contributed by atoms with Gasteiger partial charge in [0.2, 0.25) is 0 Å². The average molecular weight is 299 g/mol. The second kappa shape index (κ2) is 5.74. The van der Waals surface area contributed by atoms with E-state index >= 15 is 0 Å². The third-order valence-electron chi connectivity index (χ3n) is 3.39. The lowest BCUT2D eigenvalue weighted by molar-refractivity contribution is 0.244. The van der Waals surface area contributed by atoms with Crippen molar-refractivity contribution in [3.8, 4) is 0 Å². The summed E-state index contributed by atoms with van der Waals surface area (Å²) < 4.78 is 1.06. The topological polar surface area (TPSA) is 49.5 Å². The molecule has 1 unspecified atom stereocenters. The molecule has 0 aromatic heterocycles. The minimum absolute atomic E-state index is 0.284. The van der Waals surface area contributed by atoms with Gasteiger partial charge in [-0.1, -0.05) is 15.9 Å². The van der Waals surface area contributed by atoms with Gasteiger partial charge >= 0.3 is 0 Å². The molecule has 3 nitrogen and oxygen atoms in total. The van der Waals surface area contributed by atoms with Gasteiger partial charge in [-0.15, -0.1) is 0 Å². The number of aliphatic hydroxyl groups is 1. The number of rotatable bonds is 3. The quantitative estimate of drug-likeness (QED) is 0.844. The molecule has 2 rings (SSSR count). The minimum atomic E-state index is 0.284. The largest absolute Gasteiger partial charge is 0.397 e. The fourth-order valence-electron chi connectivity index (χ4n) is 2.49. The van der Waals surface area contributed by atoms with Crippen LogP contribution in [0, 0.1) is 5.92 Å². The van der Waals surface area contributed by atoms with Crippen molar-refractivity contribution >= 4 is 27.3 Å². The molecule has 1 aromatic carbocycles. The number of nitrogen functional groups attached to an aromatic ring is 1. The highest BCUT2D eigenvalue weighted by Crippen LogP contribution is 2.31. The first-order valence-electron chi connectivity index (χ1n) is 6.11. The van der Waals surface area contributed by atoms with Gasteiger partial charge < -0.3 is 15.7 Å². The summed E-state index contributed by atoms with van der Waals surface area (Å²) in [7, 11) is 0. The summed E-state index contributed by atoms with van der Waals surface area (Å²) in [6.07, 6.45) is 3.28. The van der Waals surface area contributed by atoms with Crippen LogP contribution in [-0.4, -0.2) is 24.8 Å². The van der Waals surface area contributed by atoms with Crippen LogP contribution in [0.25, 0.3) is 0 Å². The number of nitrogens with zero attached hydrogens (tertiary/aromatic N) is 1. The Morgan fingerprint density at radius 1 is 1.47 bits per heavy atom. The van der Waals surface area contributed by atoms with E-state index in [1.807, 2.05) is 12.1 Å². The molecule has 0 bridgehead atoms. The van der Waals surface area contributed by atoms with E-state index in [0.717, 1.165) is 35.4 Å². The number of nitrogens with two attached hydrogens (primary N) is 1. The third-order valence-corrected chi connectivity index (χ3v) is 3.88. The van der Waals surface area contributed by atoms with E-state index in [0.29, 0.717) is 5.92 Å². The summed E-state index contributed by atoms with van der Waals surface area (Å²) in [6.45, 7) is 2.34. The standard InChI is InChI=1S/C13H19BrN2O/c14-11-3-4-12(15)13(8-11)16-6-1-2-10(9-16)5-7-17/h3-4,8,10,17H,1-2,5-7,9,15H2. The normalized spacial score (nSPS) is 20.6. The van der Waals surface area contributed by atoms with Crippen LogP contribution >= 0.6 is 15.9 Å². The Morgan fingerprint density at radius 2 is 2.29 bits per heavy atom.